The summed E-state index contributed by atoms with van der Waals surface area (Å²) >= 11 is 0. The molecule has 0 heterocycles. The van der Waals surface area contributed by atoms with Gasteiger partial charge in [-0.3, -0.25) is 18.6 Å². The molecule has 0 spiro atoms. The first-order valence-corrected chi connectivity index (χ1v) is 21.8. The summed E-state index contributed by atoms with van der Waals surface area (Å²) in [6.45, 7) is 3.13. The van der Waals surface area contributed by atoms with Crippen molar-refractivity contribution in [1.82, 2.24) is 0 Å². The second-order valence-electron chi connectivity index (χ2n) is 14.1. The van der Waals surface area contributed by atoms with E-state index < -0.39 is 75.7 Å². The number of phosphoric acid groups is 1. The molecule has 14 heteroatoms. The summed E-state index contributed by atoms with van der Waals surface area (Å²) in [6.07, 6.45) is 19.3. The van der Waals surface area contributed by atoms with Crippen LogP contribution in [0, 0.1) is 0 Å². The van der Waals surface area contributed by atoms with E-state index >= 15 is 0 Å². The van der Waals surface area contributed by atoms with Crippen LogP contribution in [0.1, 0.15) is 149 Å². The molecule has 54 heavy (non-hydrogen) atoms. The second kappa shape index (κ2) is 31.2. The van der Waals surface area contributed by atoms with E-state index in [-0.39, 0.29) is 12.8 Å². The molecule has 0 aliphatic heterocycles. The molecular weight excluding hydrogens is 719 g/mol. The Labute approximate surface area is 323 Å². The standard InChI is InChI=1S/C40H71O13P/c1-3-5-7-9-11-13-15-16-17-18-19-21-23-25-27-29-34(42)52-32(30-50-33(41)28-26-24-22-20-14-12-10-8-6-4-2)31-51-54(48,49)53-40-38(46)36(44)35(43)37(45)39(40)47/h5,7,11,13,16-17,32,35-40,43-47H,3-4,6,8-10,12,14-15,18-31H2,1-2H3,(H,48,49)/b7-5-,13-11-,17-16-/t32-,35?,36-,37?,38?,39?,40?/m1/s1. The molecule has 1 saturated carbocycles. The van der Waals surface area contributed by atoms with E-state index in [0.29, 0.717) is 12.8 Å². The third-order valence-corrected chi connectivity index (χ3v) is 10.2. The van der Waals surface area contributed by atoms with Crippen LogP contribution in [0.3, 0.4) is 0 Å². The van der Waals surface area contributed by atoms with Gasteiger partial charge < -0.3 is 39.9 Å². The molecule has 0 bridgehead atoms. The van der Waals surface area contributed by atoms with Crippen molar-refractivity contribution in [3.63, 3.8) is 0 Å². The van der Waals surface area contributed by atoms with Gasteiger partial charge in [0.1, 0.15) is 43.2 Å². The van der Waals surface area contributed by atoms with Gasteiger partial charge in [-0.2, -0.15) is 0 Å². The number of hydrogen-bond acceptors (Lipinski definition) is 12. The normalized spacial score (nSPS) is 23.6. The molecule has 0 amide bonds. The molecule has 6 unspecified atom stereocenters. The number of esters is 2. The van der Waals surface area contributed by atoms with E-state index in [0.717, 1.165) is 70.6 Å². The number of carbonyl (C=O) groups is 2. The number of rotatable bonds is 32. The summed E-state index contributed by atoms with van der Waals surface area (Å²) in [5.74, 6) is -1.12. The van der Waals surface area contributed by atoms with Crippen molar-refractivity contribution in [3.8, 4) is 0 Å². The van der Waals surface area contributed by atoms with Crippen LogP contribution in [0.25, 0.3) is 0 Å². The van der Waals surface area contributed by atoms with Gasteiger partial charge in [0.05, 0.1) is 6.61 Å². The zero-order valence-corrected chi connectivity index (χ0v) is 33.7. The molecular formula is C40H71O13P. The quantitative estimate of drug-likeness (QED) is 0.0183. The minimum atomic E-state index is -5.11. The Kier molecular flexibility index (Phi) is 28.9. The summed E-state index contributed by atoms with van der Waals surface area (Å²) in [6, 6.07) is 0. The molecule has 1 fully saturated rings. The van der Waals surface area contributed by atoms with Gasteiger partial charge in [0, 0.05) is 12.8 Å². The Morgan fingerprint density at radius 3 is 1.61 bits per heavy atom. The Morgan fingerprint density at radius 2 is 1.06 bits per heavy atom. The van der Waals surface area contributed by atoms with Crippen molar-refractivity contribution in [1.29, 1.82) is 0 Å². The molecule has 314 valence electrons. The van der Waals surface area contributed by atoms with Crippen LogP contribution < -0.4 is 0 Å². The monoisotopic (exact) mass is 790 g/mol. The first-order chi connectivity index (χ1) is 25.9. The molecule has 1 aliphatic carbocycles. The van der Waals surface area contributed by atoms with E-state index in [1.165, 1.54) is 38.5 Å². The SMILES string of the molecule is CC/C=C\C/C=C\C/C=C\CCCCCCCC(=O)O[C@H](COC(=O)CCCCCCCCCCCC)COP(=O)(O)OC1C(O)C(O)C(O)[C@@H](O)C1O. The molecule has 13 nitrogen and oxygen atoms in total. The first kappa shape index (κ1) is 50.1. The highest BCUT2D eigenvalue weighted by Crippen LogP contribution is 2.47. The van der Waals surface area contributed by atoms with Crippen molar-refractivity contribution in [2.45, 2.75) is 191 Å². The fraction of sp³-hybridized carbons (Fsp3) is 0.800. The Morgan fingerprint density at radius 1 is 0.593 bits per heavy atom. The molecule has 0 saturated heterocycles. The Balaban J connectivity index is 2.53. The predicted octanol–water partition coefficient (Wildman–Crippen LogP) is 6.66. The number of phosphoric ester groups is 1. The highest BCUT2D eigenvalue weighted by Gasteiger charge is 2.51. The number of aliphatic hydroxyl groups excluding tert-OH is 5. The average Bonchev–Trinajstić information content (AvgIpc) is 3.15. The molecule has 0 aromatic heterocycles. The predicted molar refractivity (Wildman–Crippen MR) is 207 cm³/mol. The van der Waals surface area contributed by atoms with Crippen molar-refractivity contribution in [2.75, 3.05) is 13.2 Å². The van der Waals surface area contributed by atoms with Gasteiger partial charge >= 0.3 is 19.8 Å². The van der Waals surface area contributed by atoms with Gasteiger partial charge in [0.15, 0.2) is 6.10 Å². The van der Waals surface area contributed by atoms with E-state index in [4.69, 9.17) is 18.5 Å². The first-order valence-electron chi connectivity index (χ1n) is 20.3. The van der Waals surface area contributed by atoms with Crippen LogP contribution in [0.15, 0.2) is 36.5 Å². The van der Waals surface area contributed by atoms with Crippen LogP contribution in [0.4, 0.5) is 0 Å². The maximum absolute atomic E-state index is 12.7. The summed E-state index contributed by atoms with van der Waals surface area (Å²) in [5, 5.41) is 49.9. The maximum Gasteiger partial charge on any atom is 0.472 e. The summed E-state index contributed by atoms with van der Waals surface area (Å²) in [4.78, 5) is 35.5. The summed E-state index contributed by atoms with van der Waals surface area (Å²) in [7, 11) is -5.11. The molecule has 0 aromatic rings. The van der Waals surface area contributed by atoms with Crippen LogP contribution in [-0.4, -0.2) is 98.3 Å². The smallest absolute Gasteiger partial charge is 0.462 e. The zero-order chi connectivity index (χ0) is 40.0. The molecule has 8 atom stereocenters. The third-order valence-electron chi connectivity index (χ3n) is 9.25. The van der Waals surface area contributed by atoms with E-state index in [1.807, 2.05) is 0 Å². The minimum Gasteiger partial charge on any atom is -0.462 e. The second-order valence-corrected chi connectivity index (χ2v) is 15.5. The van der Waals surface area contributed by atoms with Crippen molar-refractivity contribution in [3.05, 3.63) is 36.5 Å². The number of unbranched alkanes of at least 4 members (excludes halogenated alkanes) is 14. The van der Waals surface area contributed by atoms with Gasteiger partial charge in [-0.05, 0) is 44.9 Å². The fourth-order valence-corrected chi connectivity index (χ4v) is 6.92. The fourth-order valence-electron chi connectivity index (χ4n) is 5.95. The van der Waals surface area contributed by atoms with Gasteiger partial charge in [-0.25, -0.2) is 4.57 Å². The number of allylic oxidation sites excluding steroid dienone is 6. The third kappa shape index (κ3) is 23.9. The Bertz CT molecular complexity index is 1100. The van der Waals surface area contributed by atoms with Crippen LogP contribution >= 0.6 is 7.82 Å². The topological polar surface area (TPSA) is 210 Å². The highest BCUT2D eigenvalue weighted by atomic mass is 31.2. The molecule has 1 aliphatic rings. The van der Waals surface area contributed by atoms with Gasteiger partial charge in [-0.1, -0.05) is 127 Å². The lowest BCUT2D eigenvalue weighted by Gasteiger charge is -2.41. The zero-order valence-electron chi connectivity index (χ0n) is 32.8. The largest absolute Gasteiger partial charge is 0.472 e. The number of aliphatic hydroxyl groups is 5. The number of carbonyl (C=O) groups excluding carboxylic acids is 2. The lowest BCUT2D eigenvalue weighted by molar-refractivity contribution is -0.220. The molecule has 0 aromatic carbocycles. The van der Waals surface area contributed by atoms with Crippen molar-refractivity contribution in [2.24, 2.45) is 0 Å². The number of ether oxygens (including phenoxy) is 2. The highest BCUT2D eigenvalue weighted by molar-refractivity contribution is 7.47. The average molecular weight is 791 g/mol. The molecule has 6 N–H and O–H groups in total. The van der Waals surface area contributed by atoms with Gasteiger partial charge in [-0.15, -0.1) is 0 Å². The Hall–Kier alpha value is -1.93. The minimum absolute atomic E-state index is 0.0780. The molecule has 1 rings (SSSR count). The summed E-state index contributed by atoms with van der Waals surface area (Å²) in [5.41, 5.74) is 0. The van der Waals surface area contributed by atoms with Gasteiger partial charge in [0.2, 0.25) is 0 Å². The van der Waals surface area contributed by atoms with Crippen molar-refractivity contribution < 1.29 is 63.1 Å². The van der Waals surface area contributed by atoms with E-state index in [2.05, 4.69) is 50.3 Å². The van der Waals surface area contributed by atoms with Crippen LogP contribution in [-0.2, 0) is 32.7 Å². The van der Waals surface area contributed by atoms with E-state index in [9.17, 15) is 44.6 Å². The van der Waals surface area contributed by atoms with Crippen LogP contribution in [0.5, 0.6) is 0 Å². The maximum atomic E-state index is 12.7. The number of hydrogen-bond donors (Lipinski definition) is 6. The van der Waals surface area contributed by atoms with Crippen LogP contribution in [0.2, 0.25) is 0 Å². The molecule has 0 radical (unpaired) electrons. The van der Waals surface area contributed by atoms with E-state index in [1.54, 1.807) is 0 Å². The lowest BCUT2D eigenvalue weighted by Crippen LogP contribution is -2.64. The van der Waals surface area contributed by atoms with Gasteiger partial charge in [0.25, 0.3) is 0 Å². The van der Waals surface area contributed by atoms with Crippen molar-refractivity contribution >= 4 is 19.8 Å². The lowest BCUT2D eigenvalue weighted by atomic mass is 9.85. The summed E-state index contributed by atoms with van der Waals surface area (Å²) < 4.78 is 33.3.